The van der Waals surface area contributed by atoms with Gasteiger partial charge in [0.2, 0.25) is 0 Å². The molecule has 0 saturated carbocycles. The summed E-state index contributed by atoms with van der Waals surface area (Å²) in [7, 11) is 2.01. The average Bonchev–Trinajstić information content (AvgIpc) is 2.39. The van der Waals surface area contributed by atoms with Crippen LogP contribution in [-0.2, 0) is 0 Å². The van der Waals surface area contributed by atoms with E-state index in [-0.39, 0.29) is 0 Å². The van der Waals surface area contributed by atoms with Crippen molar-refractivity contribution in [3.8, 4) is 0 Å². The summed E-state index contributed by atoms with van der Waals surface area (Å²) in [5.41, 5.74) is 2.33. The number of aromatic nitrogens is 1. The third-order valence-corrected chi connectivity index (χ3v) is 3.83. The molecule has 17 heavy (non-hydrogen) atoms. The molecule has 3 heteroatoms. The largest absolute Gasteiger partial charge is 0.312 e. The van der Waals surface area contributed by atoms with Gasteiger partial charge < -0.3 is 5.32 Å². The van der Waals surface area contributed by atoms with Crippen LogP contribution in [0.2, 0.25) is 0 Å². The second kappa shape index (κ2) is 6.03. The van der Waals surface area contributed by atoms with Gasteiger partial charge in [0.15, 0.2) is 0 Å². The Morgan fingerprint density at radius 2 is 2.18 bits per heavy atom. The second-order valence-corrected chi connectivity index (χ2v) is 5.28. The highest BCUT2D eigenvalue weighted by molar-refractivity contribution is 7.99. The lowest BCUT2D eigenvalue weighted by molar-refractivity contribution is 0.660. The average molecular weight is 246 g/mol. The molecule has 0 spiro atoms. The molecule has 0 aliphatic rings. The zero-order valence-corrected chi connectivity index (χ0v) is 11.1. The van der Waals surface area contributed by atoms with Crippen LogP contribution in [0.3, 0.4) is 0 Å². The molecule has 1 atom stereocenters. The highest BCUT2D eigenvalue weighted by Crippen LogP contribution is 2.21. The van der Waals surface area contributed by atoms with E-state index in [1.807, 2.05) is 37.1 Å². The minimum Gasteiger partial charge on any atom is -0.312 e. The number of benzene rings is 1. The minimum atomic E-state index is 0.386. The number of nitrogens with one attached hydrogen (secondary N) is 1. The van der Waals surface area contributed by atoms with E-state index in [0.29, 0.717) is 6.04 Å². The molecule has 0 amide bonds. The topological polar surface area (TPSA) is 24.9 Å². The van der Waals surface area contributed by atoms with E-state index in [1.54, 1.807) is 0 Å². The summed E-state index contributed by atoms with van der Waals surface area (Å²) < 4.78 is 0. The Labute approximate surface area is 107 Å². The number of fused-ring (bicyclic) bond motifs is 1. The van der Waals surface area contributed by atoms with E-state index in [9.17, 15) is 0 Å². The molecule has 1 N–H and O–H groups in total. The van der Waals surface area contributed by atoms with Crippen LogP contribution in [0, 0.1) is 0 Å². The third-order valence-electron chi connectivity index (χ3n) is 2.85. The van der Waals surface area contributed by atoms with Gasteiger partial charge in [0.25, 0.3) is 0 Å². The van der Waals surface area contributed by atoms with Crippen molar-refractivity contribution < 1.29 is 0 Å². The lowest BCUT2D eigenvalue weighted by Crippen LogP contribution is -2.19. The molecule has 2 nitrogen and oxygen atoms in total. The second-order valence-electron chi connectivity index (χ2n) is 3.96. The molecule has 2 aromatic rings. The first kappa shape index (κ1) is 12.4. The van der Waals surface area contributed by atoms with E-state index in [0.717, 1.165) is 17.0 Å². The Kier molecular flexibility index (Phi) is 4.40. The standard InChI is InChI=1S/C14H18N2S/c1-3-17-10-14(15-2)12-8-11-6-4-5-7-13(11)16-9-12/h4-9,14-15H,3,10H2,1-2H3. The van der Waals surface area contributed by atoms with Crippen molar-refractivity contribution in [2.24, 2.45) is 0 Å². The Balaban J connectivity index is 2.27. The zero-order valence-electron chi connectivity index (χ0n) is 10.3. The van der Waals surface area contributed by atoms with Gasteiger partial charge >= 0.3 is 0 Å². The van der Waals surface area contributed by atoms with Gasteiger partial charge in [-0.05, 0) is 30.5 Å². The van der Waals surface area contributed by atoms with Crippen LogP contribution in [-0.4, -0.2) is 23.5 Å². The van der Waals surface area contributed by atoms with Gasteiger partial charge in [-0.2, -0.15) is 11.8 Å². The number of nitrogens with zero attached hydrogens (tertiary/aromatic N) is 1. The fourth-order valence-electron chi connectivity index (χ4n) is 1.86. The lowest BCUT2D eigenvalue weighted by Gasteiger charge is -2.16. The number of hydrogen-bond acceptors (Lipinski definition) is 3. The molecule has 1 unspecified atom stereocenters. The maximum atomic E-state index is 4.51. The summed E-state index contributed by atoms with van der Waals surface area (Å²) in [5, 5.41) is 4.57. The molecule has 2 rings (SSSR count). The van der Waals surface area contributed by atoms with Crippen LogP contribution in [0.1, 0.15) is 18.5 Å². The Hall–Kier alpha value is -1.06. The highest BCUT2D eigenvalue weighted by Gasteiger charge is 2.09. The van der Waals surface area contributed by atoms with Crippen LogP contribution >= 0.6 is 11.8 Å². The van der Waals surface area contributed by atoms with Gasteiger partial charge in [0, 0.05) is 23.4 Å². The van der Waals surface area contributed by atoms with Crippen LogP contribution in [0.4, 0.5) is 0 Å². The molecule has 0 fully saturated rings. The molecule has 0 bridgehead atoms. The molecule has 1 aromatic heterocycles. The van der Waals surface area contributed by atoms with Crippen LogP contribution < -0.4 is 5.32 Å². The highest BCUT2D eigenvalue weighted by atomic mass is 32.2. The Bertz CT molecular complexity index is 484. The van der Waals surface area contributed by atoms with E-state index in [4.69, 9.17) is 0 Å². The van der Waals surface area contributed by atoms with E-state index in [2.05, 4.69) is 35.4 Å². The molecular weight excluding hydrogens is 228 g/mol. The van der Waals surface area contributed by atoms with E-state index < -0.39 is 0 Å². The molecule has 0 radical (unpaired) electrons. The normalized spacial score (nSPS) is 12.8. The fraction of sp³-hybridized carbons (Fsp3) is 0.357. The van der Waals surface area contributed by atoms with Gasteiger partial charge in [-0.1, -0.05) is 25.1 Å². The number of para-hydroxylation sites is 1. The molecule has 1 heterocycles. The quantitative estimate of drug-likeness (QED) is 0.876. The molecular formula is C14H18N2S. The van der Waals surface area contributed by atoms with E-state index in [1.165, 1.54) is 10.9 Å². The van der Waals surface area contributed by atoms with Gasteiger partial charge in [-0.3, -0.25) is 4.98 Å². The number of hydrogen-bond donors (Lipinski definition) is 1. The maximum absolute atomic E-state index is 4.51. The van der Waals surface area contributed by atoms with Gasteiger partial charge in [-0.15, -0.1) is 0 Å². The zero-order chi connectivity index (χ0) is 12.1. The first-order chi connectivity index (χ1) is 8.35. The van der Waals surface area contributed by atoms with Crippen molar-refractivity contribution in [3.05, 3.63) is 42.1 Å². The fourth-order valence-corrected chi connectivity index (χ4v) is 2.69. The summed E-state index contributed by atoms with van der Waals surface area (Å²) in [6.07, 6.45) is 1.99. The Morgan fingerprint density at radius 1 is 1.35 bits per heavy atom. The predicted octanol–water partition coefficient (Wildman–Crippen LogP) is 3.25. The third kappa shape index (κ3) is 2.99. The van der Waals surface area contributed by atoms with Crippen LogP contribution in [0.15, 0.2) is 36.5 Å². The number of thioether (sulfide) groups is 1. The first-order valence-corrected chi connectivity index (χ1v) is 7.10. The van der Waals surface area contributed by atoms with Crippen LogP contribution in [0.5, 0.6) is 0 Å². The van der Waals surface area contributed by atoms with Crippen molar-refractivity contribution in [1.82, 2.24) is 10.3 Å². The SMILES string of the molecule is CCSCC(NC)c1cnc2ccccc2c1. The summed E-state index contributed by atoms with van der Waals surface area (Å²) in [6, 6.07) is 10.9. The molecule has 0 aliphatic carbocycles. The smallest absolute Gasteiger partial charge is 0.0702 e. The van der Waals surface area contributed by atoms with Gasteiger partial charge in [-0.25, -0.2) is 0 Å². The lowest BCUT2D eigenvalue weighted by atomic mass is 10.1. The van der Waals surface area contributed by atoms with Crippen LogP contribution in [0.25, 0.3) is 10.9 Å². The van der Waals surface area contributed by atoms with Gasteiger partial charge in [0.05, 0.1) is 5.52 Å². The summed E-state index contributed by atoms with van der Waals surface area (Å²) in [4.78, 5) is 4.51. The van der Waals surface area contributed by atoms with Crippen molar-refractivity contribution in [3.63, 3.8) is 0 Å². The van der Waals surface area contributed by atoms with Crippen molar-refractivity contribution in [2.45, 2.75) is 13.0 Å². The monoisotopic (exact) mass is 246 g/mol. The summed E-state index contributed by atoms with van der Waals surface area (Å²) in [5.74, 6) is 2.24. The predicted molar refractivity (Wildman–Crippen MR) is 76.5 cm³/mol. The van der Waals surface area contributed by atoms with Crippen molar-refractivity contribution >= 4 is 22.7 Å². The first-order valence-electron chi connectivity index (χ1n) is 5.95. The molecule has 90 valence electrons. The minimum absolute atomic E-state index is 0.386. The molecule has 1 aromatic carbocycles. The van der Waals surface area contributed by atoms with Gasteiger partial charge in [0.1, 0.15) is 0 Å². The van der Waals surface area contributed by atoms with E-state index >= 15 is 0 Å². The number of pyridine rings is 1. The summed E-state index contributed by atoms with van der Waals surface area (Å²) >= 11 is 1.95. The number of rotatable bonds is 5. The molecule has 0 saturated heterocycles. The maximum Gasteiger partial charge on any atom is 0.0702 e. The van der Waals surface area contributed by atoms with Crippen molar-refractivity contribution in [2.75, 3.05) is 18.6 Å². The molecule has 0 aliphatic heterocycles. The van der Waals surface area contributed by atoms with Crippen molar-refractivity contribution in [1.29, 1.82) is 0 Å². The summed E-state index contributed by atoms with van der Waals surface area (Å²) in [6.45, 7) is 2.19. The Morgan fingerprint density at radius 3 is 2.94 bits per heavy atom.